The number of aromatic nitrogens is 1. The van der Waals surface area contributed by atoms with Gasteiger partial charge in [0.1, 0.15) is 0 Å². The molecule has 0 saturated carbocycles. The molecule has 4 heteroatoms. The number of nitrogens with zero attached hydrogens (tertiary/aromatic N) is 2. The highest BCUT2D eigenvalue weighted by atomic mass is 16.2. The van der Waals surface area contributed by atoms with Crippen molar-refractivity contribution < 1.29 is 4.79 Å². The number of pyridine rings is 1. The Morgan fingerprint density at radius 3 is 2.50 bits per heavy atom. The van der Waals surface area contributed by atoms with Crippen LogP contribution in [0.1, 0.15) is 11.3 Å². The summed E-state index contributed by atoms with van der Waals surface area (Å²) in [5.74, 6) is 0.0600. The molecule has 22 heavy (non-hydrogen) atoms. The molecule has 0 aliphatic heterocycles. The molecule has 4 nitrogen and oxygen atoms in total. The van der Waals surface area contributed by atoms with Gasteiger partial charge in [-0.2, -0.15) is 0 Å². The first kappa shape index (κ1) is 16.2. The molecular weight excluding hydrogens is 274 g/mol. The summed E-state index contributed by atoms with van der Waals surface area (Å²) in [5.41, 5.74) is 2.16. The number of likely N-dealkylation sites (N-methyl/N-ethyl adjacent to an activating group) is 1. The largest absolute Gasteiger partial charge is 0.354 e. The number of nitrogens with one attached hydrogen (secondary N) is 1. The SMILES string of the molecule is CN(C)[C@H](Cc1ccccc1)C(=O)NCCc1ccccn1. The van der Waals surface area contributed by atoms with E-state index in [1.165, 1.54) is 5.56 Å². The summed E-state index contributed by atoms with van der Waals surface area (Å²) in [7, 11) is 3.87. The number of benzene rings is 1. The molecule has 1 heterocycles. The van der Waals surface area contributed by atoms with E-state index in [-0.39, 0.29) is 11.9 Å². The van der Waals surface area contributed by atoms with E-state index in [1.54, 1.807) is 6.20 Å². The zero-order valence-electron chi connectivity index (χ0n) is 13.2. The Morgan fingerprint density at radius 2 is 1.86 bits per heavy atom. The van der Waals surface area contributed by atoms with Crippen molar-refractivity contribution in [2.75, 3.05) is 20.6 Å². The van der Waals surface area contributed by atoms with Gasteiger partial charge in [0.05, 0.1) is 6.04 Å². The maximum absolute atomic E-state index is 12.4. The van der Waals surface area contributed by atoms with E-state index in [2.05, 4.69) is 22.4 Å². The summed E-state index contributed by atoms with van der Waals surface area (Å²) in [6.45, 7) is 0.606. The Kier molecular flexibility index (Phi) is 6.10. The standard InChI is InChI=1S/C18H23N3O/c1-21(2)17(14-15-8-4-3-5-9-15)18(22)20-13-11-16-10-6-7-12-19-16/h3-10,12,17H,11,13-14H2,1-2H3,(H,20,22)/t17-/m1/s1. The van der Waals surface area contributed by atoms with Gasteiger partial charge in [-0.3, -0.25) is 14.7 Å². The van der Waals surface area contributed by atoms with Crippen molar-refractivity contribution in [2.24, 2.45) is 0 Å². The molecule has 2 aromatic rings. The second-order valence-corrected chi connectivity index (χ2v) is 5.53. The first-order chi connectivity index (χ1) is 10.7. The average molecular weight is 297 g/mol. The predicted molar refractivity (Wildman–Crippen MR) is 88.6 cm³/mol. The highest BCUT2D eigenvalue weighted by Gasteiger charge is 2.20. The molecule has 2 rings (SSSR count). The Morgan fingerprint density at radius 1 is 1.14 bits per heavy atom. The maximum atomic E-state index is 12.4. The third-order valence-electron chi connectivity index (χ3n) is 3.60. The monoisotopic (exact) mass is 297 g/mol. The minimum atomic E-state index is -0.161. The smallest absolute Gasteiger partial charge is 0.237 e. The number of carbonyl (C=O) groups excluding carboxylic acids is 1. The van der Waals surface area contributed by atoms with Crippen molar-refractivity contribution >= 4 is 5.91 Å². The van der Waals surface area contributed by atoms with Crippen LogP contribution in [0.2, 0.25) is 0 Å². The van der Waals surface area contributed by atoms with Crippen LogP contribution in [0.15, 0.2) is 54.7 Å². The van der Waals surface area contributed by atoms with Gasteiger partial charge >= 0.3 is 0 Å². The number of hydrogen-bond acceptors (Lipinski definition) is 3. The van der Waals surface area contributed by atoms with Crippen molar-refractivity contribution in [3.8, 4) is 0 Å². The van der Waals surface area contributed by atoms with Gasteiger partial charge in [0, 0.05) is 24.9 Å². The van der Waals surface area contributed by atoms with Gasteiger partial charge in [-0.1, -0.05) is 36.4 Å². The molecule has 0 spiro atoms. The van der Waals surface area contributed by atoms with E-state index >= 15 is 0 Å². The Labute approximate surface area is 132 Å². The molecule has 0 bridgehead atoms. The van der Waals surface area contributed by atoms with Gasteiger partial charge in [0.15, 0.2) is 0 Å². The van der Waals surface area contributed by atoms with Gasteiger partial charge in [0.2, 0.25) is 5.91 Å². The fraction of sp³-hybridized carbons (Fsp3) is 0.333. The van der Waals surface area contributed by atoms with Crippen molar-refractivity contribution in [1.29, 1.82) is 0 Å². The Hall–Kier alpha value is -2.20. The number of rotatable bonds is 7. The molecule has 116 valence electrons. The summed E-state index contributed by atoms with van der Waals surface area (Å²) in [6, 6.07) is 15.8. The molecule has 0 fully saturated rings. The van der Waals surface area contributed by atoms with Crippen LogP contribution < -0.4 is 5.32 Å². The first-order valence-electron chi connectivity index (χ1n) is 7.55. The van der Waals surface area contributed by atoms with Crippen LogP contribution in [0, 0.1) is 0 Å². The maximum Gasteiger partial charge on any atom is 0.237 e. The highest BCUT2D eigenvalue weighted by Crippen LogP contribution is 2.07. The minimum Gasteiger partial charge on any atom is -0.354 e. The third-order valence-corrected chi connectivity index (χ3v) is 3.60. The molecule has 0 aliphatic rings. The van der Waals surface area contributed by atoms with Gasteiger partial charge in [-0.05, 0) is 38.2 Å². The van der Waals surface area contributed by atoms with Gasteiger partial charge in [-0.15, -0.1) is 0 Å². The quantitative estimate of drug-likeness (QED) is 0.849. The van der Waals surface area contributed by atoms with Crippen LogP contribution in [-0.2, 0) is 17.6 Å². The lowest BCUT2D eigenvalue weighted by molar-refractivity contribution is -0.125. The lowest BCUT2D eigenvalue weighted by Crippen LogP contribution is -2.45. The lowest BCUT2D eigenvalue weighted by Gasteiger charge is -2.23. The van der Waals surface area contributed by atoms with Crippen molar-refractivity contribution in [1.82, 2.24) is 15.2 Å². The molecule has 0 saturated heterocycles. The zero-order chi connectivity index (χ0) is 15.8. The van der Waals surface area contributed by atoms with E-state index in [0.717, 1.165) is 12.1 Å². The van der Waals surface area contributed by atoms with Gasteiger partial charge in [0.25, 0.3) is 0 Å². The second kappa shape index (κ2) is 8.29. The summed E-state index contributed by atoms with van der Waals surface area (Å²) >= 11 is 0. The summed E-state index contributed by atoms with van der Waals surface area (Å²) < 4.78 is 0. The number of carbonyl (C=O) groups is 1. The average Bonchev–Trinajstić information content (AvgIpc) is 2.54. The molecular formula is C18H23N3O. The normalized spacial score (nSPS) is 12.1. The first-order valence-corrected chi connectivity index (χ1v) is 7.55. The number of hydrogen-bond donors (Lipinski definition) is 1. The zero-order valence-corrected chi connectivity index (χ0v) is 13.2. The molecule has 1 amide bonds. The molecule has 0 unspecified atom stereocenters. The fourth-order valence-corrected chi connectivity index (χ4v) is 2.32. The second-order valence-electron chi connectivity index (χ2n) is 5.53. The minimum absolute atomic E-state index is 0.0600. The molecule has 1 aromatic heterocycles. The Bertz CT molecular complexity index is 569. The predicted octanol–water partition coefficient (Wildman–Crippen LogP) is 1.91. The van der Waals surface area contributed by atoms with Crippen LogP contribution in [0.4, 0.5) is 0 Å². The van der Waals surface area contributed by atoms with Crippen LogP contribution in [0.3, 0.4) is 0 Å². The van der Waals surface area contributed by atoms with Crippen LogP contribution in [-0.4, -0.2) is 42.5 Å². The Balaban J connectivity index is 1.87. The van der Waals surface area contributed by atoms with E-state index in [4.69, 9.17) is 0 Å². The summed E-state index contributed by atoms with van der Waals surface area (Å²) in [5, 5.41) is 3.01. The topological polar surface area (TPSA) is 45.2 Å². The summed E-state index contributed by atoms with van der Waals surface area (Å²) in [6.07, 6.45) is 3.23. The van der Waals surface area contributed by atoms with Gasteiger partial charge < -0.3 is 5.32 Å². The lowest BCUT2D eigenvalue weighted by atomic mass is 10.0. The van der Waals surface area contributed by atoms with Crippen LogP contribution in [0.25, 0.3) is 0 Å². The van der Waals surface area contributed by atoms with Gasteiger partial charge in [-0.25, -0.2) is 0 Å². The van der Waals surface area contributed by atoms with E-state index in [1.807, 2.05) is 55.4 Å². The molecule has 1 atom stereocenters. The van der Waals surface area contributed by atoms with E-state index in [0.29, 0.717) is 13.0 Å². The molecule has 0 radical (unpaired) electrons. The number of amides is 1. The van der Waals surface area contributed by atoms with Crippen molar-refractivity contribution in [2.45, 2.75) is 18.9 Å². The summed E-state index contributed by atoms with van der Waals surface area (Å²) in [4.78, 5) is 18.6. The van der Waals surface area contributed by atoms with E-state index in [9.17, 15) is 4.79 Å². The molecule has 1 aromatic carbocycles. The van der Waals surface area contributed by atoms with Crippen molar-refractivity contribution in [3.05, 3.63) is 66.0 Å². The van der Waals surface area contributed by atoms with E-state index < -0.39 is 0 Å². The van der Waals surface area contributed by atoms with Crippen LogP contribution >= 0.6 is 0 Å². The van der Waals surface area contributed by atoms with Crippen LogP contribution in [0.5, 0.6) is 0 Å². The van der Waals surface area contributed by atoms with Crippen molar-refractivity contribution in [3.63, 3.8) is 0 Å². The molecule has 0 aliphatic carbocycles. The highest BCUT2D eigenvalue weighted by molar-refractivity contribution is 5.82. The fourth-order valence-electron chi connectivity index (χ4n) is 2.32. The third kappa shape index (κ3) is 4.97. The molecule has 1 N–H and O–H groups in total.